The van der Waals surface area contributed by atoms with E-state index < -0.39 is 0 Å². The first kappa shape index (κ1) is 17.9. The minimum absolute atomic E-state index is 0.0958. The van der Waals surface area contributed by atoms with E-state index in [2.05, 4.69) is 27.7 Å². The van der Waals surface area contributed by atoms with Gasteiger partial charge in [0.2, 0.25) is 0 Å². The van der Waals surface area contributed by atoms with Gasteiger partial charge in [-0.3, -0.25) is 9.80 Å². The van der Waals surface area contributed by atoms with Crippen LogP contribution in [0.1, 0.15) is 42.5 Å². The van der Waals surface area contributed by atoms with Gasteiger partial charge in [-0.05, 0) is 38.4 Å². The van der Waals surface area contributed by atoms with E-state index in [1.165, 1.54) is 30.6 Å². The van der Waals surface area contributed by atoms with Crippen LogP contribution in [-0.4, -0.2) is 64.9 Å². The lowest BCUT2D eigenvalue weighted by atomic mass is 9.99. The lowest BCUT2D eigenvalue weighted by molar-refractivity contribution is -0.0141. The van der Waals surface area contributed by atoms with E-state index in [-0.39, 0.29) is 12.7 Å². The number of rotatable bonds is 3. The fourth-order valence-electron chi connectivity index (χ4n) is 3.87. The molecule has 2 aliphatic heterocycles. The minimum atomic E-state index is -0.245. The molecule has 0 amide bonds. The molecule has 2 atom stereocenters. The molecule has 4 nitrogen and oxygen atoms in total. The summed E-state index contributed by atoms with van der Waals surface area (Å²) in [5.41, 5.74) is 0.976. The van der Waals surface area contributed by atoms with Gasteiger partial charge in [-0.25, -0.2) is 0 Å². The van der Waals surface area contributed by atoms with Gasteiger partial charge in [0.25, 0.3) is 0 Å². The maximum Gasteiger partial charge on any atom is 0.104 e. The molecule has 2 saturated heterocycles. The second kappa shape index (κ2) is 8.98. The zero-order valence-corrected chi connectivity index (χ0v) is 15.1. The van der Waals surface area contributed by atoms with Gasteiger partial charge in [-0.2, -0.15) is 0 Å². The van der Waals surface area contributed by atoms with Gasteiger partial charge in [0, 0.05) is 41.5 Å². The van der Waals surface area contributed by atoms with Crippen LogP contribution in [0.25, 0.3) is 0 Å². The maximum atomic E-state index is 10.7. The van der Waals surface area contributed by atoms with E-state index >= 15 is 0 Å². The summed E-state index contributed by atoms with van der Waals surface area (Å²) < 4.78 is 0. The van der Waals surface area contributed by atoms with Crippen LogP contribution >= 0.6 is 11.3 Å². The Bertz CT molecular complexity index is 569. The number of thiophene rings is 1. The number of hydrogen-bond acceptors (Lipinski definition) is 5. The molecule has 2 N–H and O–H groups in total. The Morgan fingerprint density at radius 3 is 2.67 bits per heavy atom. The molecule has 0 radical (unpaired) electrons. The molecule has 24 heavy (non-hydrogen) atoms. The third-order valence-corrected chi connectivity index (χ3v) is 6.01. The molecule has 132 valence electrons. The number of piperidine rings is 1. The third kappa shape index (κ3) is 4.81. The standard InChI is InChI=1S/C19H28N2O2S/c22-11-5-6-16-12-17(24-15-16)13-20-10-7-18(19(23)14-20)21-8-3-1-2-4-9-21/h12,15,18-19,22-23H,1-4,7-11,13-14H2/t18-,19-/m1/s1. The minimum Gasteiger partial charge on any atom is -0.390 e. The first-order chi connectivity index (χ1) is 11.8. The number of aliphatic hydroxyl groups excluding tert-OH is 2. The molecule has 3 heterocycles. The summed E-state index contributed by atoms with van der Waals surface area (Å²) in [6.45, 7) is 4.90. The molecule has 0 unspecified atom stereocenters. The topological polar surface area (TPSA) is 46.9 Å². The highest BCUT2D eigenvalue weighted by molar-refractivity contribution is 7.10. The summed E-state index contributed by atoms with van der Waals surface area (Å²) in [4.78, 5) is 6.16. The van der Waals surface area contributed by atoms with Gasteiger partial charge >= 0.3 is 0 Å². The predicted octanol–water partition coefficient (Wildman–Crippen LogP) is 1.90. The second-order valence-corrected chi connectivity index (χ2v) is 7.87. The lowest BCUT2D eigenvalue weighted by Gasteiger charge is -2.41. The largest absolute Gasteiger partial charge is 0.390 e. The fraction of sp³-hybridized carbons (Fsp3) is 0.684. The summed E-state index contributed by atoms with van der Waals surface area (Å²) in [5.74, 6) is 5.64. The summed E-state index contributed by atoms with van der Waals surface area (Å²) >= 11 is 1.71. The van der Waals surface area contributed by atoms with Crippen molar-refractivity contribution < 1.29 is 10.2 Å². The van der Waals surface area contributed by atoms with Crippen LogP contribution in [0.3, 0.4) is 0 Å². The van der Waals surface area contributed by atoms with Crippen molar-refractivity contribution in [2.24, 2.45) is 0 Å². The maximum absolute atomic E-state index is 10.7. The average Bonchev–Trinajstić information content (AvgIpc) is 2.84. The number of likely N-dealkylation sites (tertiary alicyclic amines) is 2. The Kier molecular flexibility index (Phi) is 6.70. The van der Waals surface area contributed by atoms with Crippen molar-refractivity contribution in [3.8, 4) is 11.8 Å². The zero-order valence-electron chi connectivity index (χ0n) is 14.3. The first-order valence-electron chi connectivity index (χ1n) is 9.08. The Labute approximate surface area is 149 Å². The van der Waals surface area contributed by atoms with Crippen LogP contribution in [0, 0.1) is 11.8 Å². The second-order valence-electron chi connectivity index (χ2n) is 6.87. The van der Waals surface area contributed by atoms with E-state index in [1.807, 2.05) is 5.38 Å². The highest BCUT2D eigenvalue weighted by atomic mass is 32.1. The van der Waals surface area contributed by atoms with Crippen molar-refractivity contribution in [2.75, 3.05) is 32.8 Å². The zero-order chi connectivity index (χ0) is 16.8. The van der Waals surface area contributed by atoms with Crippen molar-refractivity contribution in [3.63, 3.8) is 0 Å². The fourth-order valence-corrected chi connectivity index (χ4v) is 4.73. The quantitative estimate of drug-likeness (QED) is 0.819. The Morgan fingerprint density at radius 1 is 1.17 bits per heavy atom. The van der Waals surface area contributed by atoms with E-state index in [1.54, 1.807) is 11.3 Å². The van der Waals surface area contributed by atoms with Crippen molar-refractivity contribution in [1.82, 2.24) is 9.80 Å². The van der Waals surface area contributed by atoms with Gasteiger partial charge in [0.1, 0.15) is 6.61 Å². The van der Waals surface area contributed by atoms with Gasteiger partial charge < -0.3 is 10.2 Å². The molecule has 1 aromatic rings. The molecule has 0 saturated carbocycles. The van der Waals surface area contributed by atoms with Gasteiger partial charge in [0.05, 0.1) is 6.10 Å². The predicted molar refractivity (Wildman–Crippen MR) is 98.0 cm³/mol. The summed E-state index contributed by atoms with van der Waals surface area (Å²) in [7, 11) is 0. The third-order valence-electron chi connectivity index (χ3n) is 5.09. The lowest BCUT2D eigenvalue weighted by Crippen LogP contribution is -2.54. The van der Waals surface area contributed by atoms with E-state index in [4.69, 9.17) is 5.11 Å². The van der Waals surface area contributed by atoms with Gasteiger partial charge in [0.15, 0.2) is 0 Å². The van der Waals surface area contributed by atoms with Gasteiger partial charge in [-0.1, -0.05) is 24.7 Å². The number of nitrogens with zero attached hydrogens (tertiary/aromatic N) is 2. The van der Waals surface area contributed by atoms with Gasteiger partial charge in [-0.15, -0.1) is 11.3 Å². The Hall–Kier alpha value is -0.900. The number of aliphatic hydroxyl groups is 2. The molecule has 3 rings (SSSR count). The summed E-state index contributed by atoms with van der Waals surface area (Å²) in [6.07, 6.45) is 6.05. The van der Waals surface area contributed by atoms with Crippen LogP contribution in [0.4, 0.5) is 0 Å². The summed E-state index contributed by atoms with van der Waals surface area (Å²) in [6, 6.07) is 2.44. The van der Waals surface area contributed by atoms with Crippen LogP contribution in [0.2, 0.25) is 0 Å². The van der Waals surface area contributed by atoms with E-state index in [9.17, 15) is 5.11 Å². The molecule has 2 fully saturated rings. The molecule has 0 aromatic carbocycles. The number of β-amino-alcohol motifs (C(OH)–C–C–N with tert-alkyl or cyclic N) is 1. The van der Waals surface area contributed by atoms with Crippen LogP contribution in [-0.2, 0) is 6.54 Å². The van der Waals surface area contributed by atoms with Crippen molar-refractivity contribution in [3.05, 3.63) is 21.9 Å². The Balaban J connectivity index is 1.52. The molecule has 2 aliphatic rings. The number of hydrogen-bond donors (Lipinski definition) is 2. The van der Waals surface area contributed by atoms with Crippen molar-refractivity contribution in [2.45, 2.75) is 50.8 Å². The highest BCUT2D eigenvalue weighted by Crippen LogP contribution is 2.23. The van der Waals surface area contributed by atoms with Crippen LogP contribution in [0.15, 0.2) is 11.4 Å². The SMILES string of the molecule is OCC#Cc1csc(CN2CC[C@@H](N3CCCCCC3)[C@H](O)C2)c1. The highest BCUT2D eigenvalue weighted by Gasteiger charge is 2.32. The molecular formula is C19H28N2O2S. The Morgan fingerprint density at radius 2 is 1.96 bits per heavy atom. The molecular weight excluding hydrogens is 320 g/mol. The van der Waals surface area contributed by atoms with E-state index in [0.29, 0.717) is 6.04 Å². The normalized spacial score (nSPS) is 26.6. The molecule has 0 spiro atoms. The van der Waals surface area contributed by atoms with Crippen molar-refractivity contribution >= 4 is 11.3 Å². The molecule has 5 heteroatoms. The van der Waals surface area contributed by atoms with E-state index in [0.717, 1.165) is 44.7 Å². The van der Waals surface area contributed by atoms with Crippen LogP contribution in [0.5, 0.6) is 0 Å². The molecule has 0 bridgehead atoms. The molecule has 1 aromatic heterocycles. The van der Waals surface area contributed by atoms with Crippen molar-refractivity contribution in [1.29, 1.82) is 0 Å². The average molecular weight is 349 g/mol. The monoisotopic (exact) mass is 348 g/mol. The summed E-state index contributed by atoms with van der Waals surface area (Å²) in [5, 5.41) is 21.5. The first-order valence-corrected chi connectivity index (χ1v) is 9.96. The van der Waals surface area contributed by atoms with Crippen LogP contribution < -0.4 is 0 Å². The smallest absolute Gasteiger partial charge is 0.104 e. The molecule has 0 aliphatic carbocycles.